The maximum absolute atomic E-state index is 10.3. The van der Waals surface area contributed by atoms with E-state index in [4.69, 9.17) is 14.6 Å². The number of aromatic carboxylic acids is 1. The normalized spacial score (nSPS) is 11.2. The van der Waals surface area contributed by atoms with Gasteiger partial charge < -0.3 is 19.7 Å². The molecule has 0 fully saturated rings. The maximum Gasteiger partial charge on any atom is 0.335 e. The standard InChI is InChI=1S/C49H52O3.C7H6O2/c1-3-5-7-9-19-38-40-21-11-15-25-44(40)48(45-26-16-12-22-41(38)45)33-51-36-29-35(32-50)30-37(31-36)52-34-49-46-27-17-13-23-42(46)39(20-10-8-6-4-2)43-24-14-18-28-47(43)49;8-7(9)6-4-2-1-3-5-6/h11-18,21-31,50H,3-10,19-20,32-34H2,1-2H3;1-5H,(H,8,9). The number of ether oxygens (including phenoxy) is 2. The Morgan fingerprint density at radius 1 is 0.443 bits per heavy atom. The summed E-state index contributed by atoms with van der Waals surface area (Å²) in [6.07, 6.45) is 12.1. The third-order valence-electron chi connectivity index (χ3n) is 11.8. The van der Waals surface area contributed by atoms with Crippen molar-refractivity contribution in [1.29, 1.82) is 0 Å². The lowest BCUT2D eigenvalue weighted by Crippen LogP contribution is -2.03. The lowest BCUT2D eigenvalue weighted by Gasteiger charge is -2.19. The number of hydrogen-bond acceptors (Lipinski definition) is 4. The van der Waals surface area contributed by atoms with Crippen molar-refractivity contribution in [2.45, 2.75) is 97.9 Å². The molecule has 0 amide bonds. The van der Waals surface area contributed by atoms with Gasteiger partial charge in [0.25, 0.3) is 0 Å². The van der Waals surface area contributed by atoms with E-state index in [0.717, 1.165) is 18.4 Å². The van der Waals surface area contributed by atoms with Crippen molar-refractivity contribution in [2.24, 2.45) is 0 Å². The van der Waals surface area contributed by atoms with Crippen molar-refractivity contribution in [3.8, 4) is 11.5 Å². The molecule has 5 heteroatoms. The molecular formula is C56H58O5. The molecule has 0 saturated heterocycles. The topological polar surface area (TPSA) is 76.0 Å². The van der Waals surface area contributed by atoms with Gasteiger partial charge in [0.15, 0.2) is 0 Å². The molecule has 0 saturated carbocycles. The molecule has 61 heavy (non-hydrogen) atoms. The first-order valence-electron chi connectivity index (χ1n) is 22.1. The van der Waals surface area contributed by atoms with Crippen molar-refractivity contribution in [2.75, 3.05) is 0 Å². The fraction of sp³-hybridized carbons (Fsp3) is 0.268. The molecule has 0 aromatic heterocycles. The van der Waals surface area contributed by atoms with Crippen molar-refractivity contribution < 1.29 is 24.5 Å². The summed E-state index contributed by atoms with van der Waals surface area (Å²) in [6, 6.07) is 49.3. The third-order valence-corrected chi connectivity index (χ3v) is 11.8. The fourth-order valence-electron chi connectivity index (χ4n) is 8.71. The first-order chi connectivity index (χ1) is 30.0. The monoisotopic (exact) mass is 810 g/mol. The second kappa shape index (κ2) is 21.4. The van der Waals surface area contributed by atoms with E-state index in [1.165, 1.54) is 117 Å². The average Bonchev–Trinajstić information content (AvgIpc) is 3.31. The van der Waals surface area contributed by atoms with Crippen LogP contribution < -0.4 is 9.47 Å². The highest BCUT2D eigenvalue weighted by Crippen LogP contribution is 2.37. The molecule has 0 spiro atoms. The van der Waals surface area contributed by atoms with E-state index in [2.05, 4.69) is 111 Å². The van der Waals surface area contributed by atoms with Gasteiger partial charge in [-0.15, -0.1) is 0 Å². The Balaban J connectivity index is 0.000000554. The Morgan fingerprint density at radius 3 is 1.10 bits per heavy atom. The van der Waals surface area contributed by atoms with E-state index in [9.17, 15) is 9.90 Å². The molecule has 8 rings (SSSR count). The Kier molecular flexibility index (Phi) is 15.0. The summed E-state index contributed by atoms with van der Waals surface area (Å²) in [5, 5.41) is 28.9. The van der Waals surface area contributed by atoms with Crippen LogP contribution in [0.4, 0.5) is 0 Å². The van der Waals surface area contributed by atoms with Gasteiger partial charge in [-0.25, -0.2) is 4.79 Å². The molecule has 0 radical (unpaired) electrons. The number of hydrogen-bond donors (Lipinski definition) is 2. The minimum absolute atomic E-state index is 0.0925. The molecule has 0 bridgehead atoms. The van der Waals surface area contributed by atoms with Gasteiger partial charge in [-0.3, -0.25) is 0 Å². The van der Waals surface area contributed by atoms with Crippen molar-refractivity contribution in [3.63, 3.8) is 0 Å². The molecule has 8 aromatic carbocycles. The first-order valence-corrected chi connectivity index (χ1v) is 22.1. The van der Waals surface area contributed by atoms with Crippen LogP contribution in [0.5, 0.6) is 11.5 Å². The van der Waals surface area contributed by atoms with Crippen LogP contribution in [0.2, 0.25) is 0 Å². The van der Waals surface area contributed by atoms with E-state index in [-0.39, 0.29) is 6.61 Å². The van der Waals surface area contributed by atoms with Crippen molar-refractivity contribution in [3.05, 3.63) is 179 Å². The summed E-state index contributed by atoms with van der Waals surface area (Å²) in [5.74, 6) is 0.501. The quantitative estimate of drug-likeness (QED) is 0.0667. The third kappa shape index (κ3) is 10.4. The van der Waals surface area contributed by atoms with Crippen molar-refractivity contribution in [1.82, 2.24) is 0 Å². The second-order valence-corrected chi connectivity index (χ2v) is 15.9. The lowest BCUT2D eigenvalue weighted by molar-refractivity contribution is 0.0697. The summed E-state index contributed by atoms with van der Waals surface area (Å²) in [4.78, 5) is 10.2. The number of carboxylic acid groups (broad SMARTS) is 1. The summed E-state index contributed by atoms with van der Waals surface area (Å²) in [5.41, 5.74) is 6.35. The van der Waals surface area contributed by atoms with Crippen LogP contribution in [-0.2, 0) is 32.7 Å². The molecule has 0 atom stereocenters. The lowest BCUT2D eigenvalue weighted by atomic mass is 9.89. The number of carboxylic acids is 1. The van der Waals surface area contributed by atoms with Gasteiger partial charge in [0.05, 0.1) is 12.2 Å². The molecule has 0 aliphatic carbocycles. The minimum atomic E-state index is -0.879. The van der Waals surface area contributed by atoms with Gasteiger partial charge in [0.1, 0.15) is 24.7 Å². The predicted octanol–water partition coefficient (Wildman–Crippen LogP) is 14.6. The van der Waals surface area contributed by atoms with Gasteiger partial charge >= 0.3 is 5.97 Å². The minimum Gasteiger partial charge on any atom is -0.489 e. The average molecular weight is 811 g/mol. The van der Waals surface area contributed by atoms with Gasteiger partial charge in [0, 0.05) is 17.2 Å². The summed E-state index contributed by atoms with van der Waals surface area (Å²) >= 11 is 0. The summed E-state index contributed by atoms with van der Waals surface area (Å²) < 4.78 is 13.2. The molecule has 312 valence electrons. The van der Waals surface area contributed by atoms with Gasteiger partial charge in [-0.05, 0) is 110 Å². The smallest absolute Gasteiger partial charge is 0.335 e. The molecule has 8 aromatic rings. The molecular weight excluding hydrogens is 753 g/mol. The molecule has 2 N–H and O–H groups in total. The molecule has 0 heterocycles. The first kappa shape index (κ1) is 42.9. The number of benzene rings is 8. The maximum atomic E-state index is 10.3. The van der Waals surface area contributed by atoms with Crippen LogP contribution in [0.15, 0.2) is 146 Å². The SMILES string of the molecule is CCCCCCc1c2ccccc2c(COc2cc(CO)cc(OCc3c4ccccc4c(CCCCCC)c4ccccc34)c2)c2ccccc12.O=C(O)c1ccccc1. The summed E-state index contributed by atoms with van der Waals surface area (Å²) in [6.45, 7) is 5.28. The van der Waals surface area contributed by atoms with Gasteiger partial charge in [0.2, 0.25) is 0 Å². The van der Waals surface area contributed by atoms with Crippen LogP contribution in [0.3, 0.4) is 0 Å². The summed E-state index contributed by atoms with van der Waals surface area (Å²) in [7, 11) is 0. The highest BCUT2D eigenvalue weighted by atomic mass is 16.5. The van der Waals surface area contributed by atoms with E-state index >= 15 is 0 Å². The highest BCUT2D eigenvalue weighted by molar-refractivity contribution is 6.07. The van der Waals surface area contributed by atoms with Gasteiger partial charge in [-0.2, -0.15) is 0 Å². The van der Waals surface area contributed by atoms with Crippen LogP contribution in [0, 0.1) is 0 Å². The molecule has 0 aliphatic rings. The van der Waals surface area contributed by atoms with E-state index in [0.29, 0.717) is 30.3 Å². The van der Waals surface area contributed by atoms with E-state index in [1.807, 2.05) is 18.2 Å². The Bertz CT molecular complexity index is 2430. The number of aliphatic hydroxyl groups excluding tert-OH is 1. The largest absolute Gasteiger partial charge is 0.489 e. The number of aryl methyl sites for hydroxylation is 2. The fourth-order valence-corrected chi connectivity index (χ4v) is 8.71. The zero-order valence-electron chi connectivity index (χ0n) is 35.7. The Morgan fingerprint density at radius 2 is 0.787 bits per heavy atom. The number of carbonyl (C=O) groups is 1. The van der Waals surface area contributed by atoms with Gasteiger partial charge in [-0.1, -0.05) is 168 Å². The Hall–Kier alpha value is -6.17. The molecule has 5 nitrogen and oxygen atoms in total. The van der Waals surface area contributed by atoms with Crippen LogP contribution >= 0.6 is 0 Å². The zero-order valence-corrected chi connectivity index (χ0v) is 35.7. The van der Waals surface area contributed by atoms with E-state index < -0.39 is 5.97 Å². The zero-order chi connectivity index (χ0) is 42.4. The van der Waals surface area contributed by atoms with Crippen molar-refractivity contribution >= 4 is 49.1 Å². The number of aliphatic hydroxyl groups is 1. The highest BCUT2D eigenvalue weighted by Gasteiger charge is 2.17. The number of rotatable bonds is 18. The predicted molar refractivity (Wildman–Crippen MR) is 253 cm³/mol. The van der Waals surface area contributed by atoms with Crippen LogP contribution in [0.25, 0.3) is 43.1 Å². The number of fused-ring (bicyclic) bond motifs is 4. The van der Waals surface area contributed by atoms with E-state index in [1.54, 1.807) is 30.3 Å². The number of unbranched alkanes of at least 4 members (excludes halogenated alkanes) is 6. The molecule has 0 unspecified atom stereocenters. The second-order valence-electron chi connectivity index (χ2n) is 15.9. The van der Waals surface area contributed by atoms with Crippen LogP contribution in [-0.4, -0.2) is 16.2 Å². The Labute approximate surface area is 360 Å². The van der Waals surface area contributed by atoms with Crippen LogP contribution in [0.1, 0.15) is 103 Å². The molecule has 0 aliphatic heterocycles.